The zero-order chi connectivity index (χ0) is 16.4. The third kappa shape index (κ3) is 3.55. The molecule has 2 rings (SSSR count). The highest BCUT2D eigenvalue weighted by Gasteiger charge is 2.29. The SMILES string of the molecule is Cc1cc(Cl)c(C(=O)NC(C)C(=O)N2CCC[C@H]2C)cc1Cl. The summed E-state index contributed by atoms with van der Waals surface area (Å²) < 4.78 is 0. The van der Waals surface area contributed by atoms with Crippen LogP contribution < -0.4 is 5.32 Å². The molecule has 0 saturated carbocycles. The minimum Gasteiger partial charge on any atom is -0.340 e. The smallest absolute Gasteiger partial charge is 0.253 e. The molecular formula is C16H20Cl2N2O2. The molecule has 4 nitrogen and oxygen atoms in total. The first kappa shape index (κ1) is 17.1. The minimum absolute atomic E-state index is 0.0623. The topological polar surface area (TPSA) is 49.4 Å². The lowest BCUT2D eigenvalue weighted by Crippen LogP contribution is -2.48. The van der Waals surface area contributed by atoms with E-state index in [4.69, 9.17) is 23.2 Å². The first-order valence-corrected chi connectivity index (χ1v) is 8.14. The maximum absolute atomic E-state index is 12.4. The third-order valence-electron chi connectivity index (χ3n) is 4.05. The van der Waals surface area contributed by atoms with Gasteiger partial charge in [0.25, 0.3) is 5.91 Å². The van der Waals surface area contributed by atoms with E-state index in [9.17, 15) is 9.59 Å². The zero-order valence-corrected chi connectivity index (χ0v) is 14.5. The van der Waals surface area contributed by atoms with Gasteiger partial charge in [-0.2, -0.15) is 0 Å². The molecule has 1 fully saturated rings. The molecule has 6 heteroatoms. The Balaban J connectivity index is 2.08. The first-order chi connectivity index (χ1) is 10.3. The van der Waals surface area contributed by atoms with E-state index in [0.29, 0.717) is 10.0 Å². The van der Waals surface area contributed by atoms with Crippen molar-refractivity contribution >= 4 is 35.0 Å². The van der Waals surface area contributed by atoms with Crippen LogP contribution in [0.15, 0.2) is 12.1 Å². The van der Waals surface area contributed by atoms with Gasteiger partial charge in [-0.25, -0.2) is 0 Å². The standard InChI is InChI=1S/C16H20Cl2N2O2/c1-9-7-14(18)12(8-13(9)17)15(21)19-11(3)16(22)20-6-4-5-10(20)2/h7-8,10-11H,4-6H2,1-3H3,(H,19,21)/t10-,11?/m1/s1. The quantitative estimate of drug-likeness (QED) is 0.914. The van der Waals surface area contributed by atoms with Gasteiger partial charge in [-0.15, -0.1) is 0 Å². The number of rotatable bonds is 3. The van der Waals surface area contributed by atoms with Crippen molar-refractivity contribution in [2.75, 3.05) is 6.54 Å². The van der Waals surface area contributed by atoms with Gasteiger partial charge in [0, 0.05) is 17.6 Å². The number of halogens is 2. The molecule has 0 aliphatic carbocycles. The van der Waals surface area contributed by atoms with Gasteiger partial charge in [-0.05, 0) is 51.3 Å². The summed E-state index contributed by atoms with van der Waals surface area (Å²) in [4.78, 5) is 26.5. The number of carbonyl (C=O) groups is 2. The number of likely N-dealkylation sites (tertiary alicyclic amines) is 1. The lowest BCUT2D eigenvalue weighted by Gasteiger charge is -2.25. The molecule has 1 N–H and O–H groups in total. The fourth-order valence-corrected chi connectivity index (χ4v) is 3.13. The number of hydrogen-bond donors (Lipinski definition) is 1. The molecule has 1 aromatic carbocycles. The first-order valence-electron chi connectivity index (χ1n) is 7.38. The molecule has 120 valence electrons. The van der Waals surface area contributed by atoms with Crippen LogP contribution in [-0.4, -0.2) is 35.3 Å². The largest absolute Gasteiger partial charge is 0.340 e. The fourth-order valence-electron chi connectivity index (χ4n) is 2.67. The van der Waals surface area contributed by atoms with Crippen LogP contribution in [0, 0.1) is 6.92 Å². The summed E-state index contributed by atoms with van der Waals surface area (Å²) in [5.41, 5.74) is 1.09. The van der Waals surface area contributed by atoms with Gasteiger partial charge in [0.15, 0.2) is 0 Å². The molecule has 1 saturated heterocycles. The average Bonchev–Trinajstić information content (AvgIpc) is 2.87. The second-order valence-electron chi connectivity index (χ2n) is 5.80. The van der Waals surface area contributed by atoms with Crippen LogP contribution >= 0.6 is 23.2 Å². The highest BCUT2D eigenvalue weighted by Crippen LogP contribution is 2.25. The number of benzene rings is 1. The molecule has 1 heterocycles. The van der Waals surface area contributed by atoms with Crippen molar-refractivity contribution < 1.29 is 9.59 Å². The summed E-state index contributed by atoms with van der Waals surface area (Å²) in [7, 11) is 0. The summed E-state index contributed by atoms with van der Waals surface area (Å²) in [6.45, 7) is 6.28. The van der Waals surface area contributed by atoms with E-state index in [0.717, 1.165) is 24.9 Å². The number of aryl methyl sites for hydroxylation is 1. The Labute approximate surface area is 140 Å². The molecule has 0 spiro atoms. The monoisotopic (exact) mass is 342 g/mol. The summed E-state index contributed by atoms with van der Waals surface area (Å²) in [5.74, 6) is -0.452. The molecule has 0 radical (unpaired) electrons. The van der Waals surface area contributed by atoms with Crippen molar-refractivity contribution in [3.05, 3.63) is 33.3 Å². The van der Waals surface area contributed by atoms with Crippen LogP contribution in [0.1, 0.15) is 42.6 Å². The number of nitrogens with zero attached hydrogens (tertiary/aromatic N) is 1. The highest BCUT2D eigenvalue weighted by atomic mass is 35.5. The van der Waals surface area contributed by atoms with Crippen LogP contribution in [0.2, 0.25) is 10.0 Å². The molecule has 1 aliphatic rings. The Bertz CT molecular complexity index is 604. The Morgan fingerprint density at radius 3 is 2.59 bits per heavy atom. The second kappa shape index (κ2) is 6.88. The van der Waals surface area contributed by atoms with Crippen LogP contribution in [-0.2, 0) is 4.79 Å². The van der Waals surface area contributed by atoms with Crippen molar-refractivity contribution in [3.8, 4) is 0 Å². The highest BCUT2D eigenvalue weighted by molar-refractivity contribution is 6.36. The average molecular weight is 343 g/mol. The molecule has 0 bridgehead atoms. The minimum atomic E-state index is -0.593. The van der Waals surface area contributed by atoms with E-state index in [1.165, 1.54) is 6.07 Å². The van der Waals surface area contributed by atoms with Gasteiger partial charge >= 0.3 is 0 Å². The van der Waals surface area contributed by atoms with E-state index in [-0.39, 0.29) is 23.4 Å². The molecule has 2 amide bonds. The van der Waals surface area contributed by atoms with Crippen LogP contribution in [0.5, 0.6) is 0 Å². The van der Waals surface area contributed by atoms with Gasteiger partial charge in [-0.3, -0.25) is 9.59 Å². The Morgan fingerprint density at radius 2 is 2.00 bits per heavy atom. The summed E-state index contributed by atoms with van der Waals surface area (Å²) >= 11 is 12.1. The van der Waals surface area contributed by atoms with Gasteiger partial charge in [-0.1, -0.05) is 23.2 Å². The van der Waals surface area contributed by atoms with E-state index < -0.39 is 6.04 Å². The molecule has 1 aromatic rings. The maximum atomic E-state index is 12.4. The third-order valence-corrected chi connectivity index (χ3v) is 4.77. The molecule has 1 aliphatic heterocycles. The summed E-state index contributed by atoms with van der Waals surface area (Å²) in [5, 5.41) is 3.51. The number of hydrogen-bond acceptors (Lipinski definition) is 2. The van der Waals surface area contributed by atoms with Gasteiger partial charge < -0.3 is 10.2 Å². The molecular weight excluding hydrogens is 323 g/mol. The van der Waals surface area contributed by atoms with Gasteiger partial charge in [0.05, 0.1) is 10.6 Å². The number of nitrogens with one attached hydrogen (secondary N) is 1. The van der Waals surface area contributed by atoms with Crippen LogP contribution in [0.4, 0.5) is 0 Å². The Hall–Kier alpha value is -1.26. The van der Waals surface area contributed by atoms with Crippen LogP contribution in [0.3, 0.4) is 0 Å². The number of amides is 2. The predicted molar refractivity (Wildman–Crippen MR) is 88.5 cm³/mol. The molecule has 2 atom stereocenters. The Kier molecular flexibility index (Phi) is 5.35. The van der Waals surface area contributed by atoms with Crippen molar-refractivity contribution in [2.24, 2.45) is 0 Å². The lowest BCUT2D eigenvalue weighted by molar-refractivity contribution is -0.133. The van der Waals surface area contributed by atoms with E-state index in [2.05, 4.69) is 5.32 Å². The maximum Gasteiger partial charge on any atom is 0.253 e. The predicted octanol–water partition coefficient (Wildman–Crippen LogP) is 3.43. The second-order valence-corrected chi connectivity index (χ2v) is 6.61. The normalized spacial score (nSPS) is 19.1. The Morgan fingerprint density at radius 1 is 1.32 bits per heavy atom. The van der Waals surface area contributed by atoms with E-state index in [1.807, 2.05) is 18.7 Å². The molecule has 1 unspecified atom stereocenters. The number of carbonyl (C=O) groups excluding carboxylic acids is 2. The van der Waals surface area contributed by atoms with E-state index >= 15 is 0 Å². The van der Waals surface area contributed by atoms with Crippen molar-refractivity contribution in [2.45, 2.75) is 45.7 Å². The van der Waals surface area contributed by atoms with Gasteiger partial charge in [0.1, 0.15) is 6.04 Å². The fraction of sp³-hybridized carbons (Fsp3) is 0.500. The van der Waals surface area contributed by atoms with Crippen LogP contribution in [0.25, 0.3) is 0 Å². The lowest BCUT2D eigenvalue weighted by atomic mass is 10.1. The summed E-state index contributed by atoms with van der Waals surface area (Å²) in [6.07, 6.45) is 2.01. The zero-order valence-electron chi connectivity index (χ0n) is 13.0. The van der Waals surface area contributed by atoms with Gasteiger partial charge in [0.2, 0.25) is 5.91 Å². The molecule has 22 heavy (non-hydrogen) atoms. The summed E-state index contributed by atoms with van der Waals surface area (Å²) in [6, 6.07) is 2.81. The van der Waals surface area contributed by atoms with Crippen molar-refractivity contribution in [3.63, 3.8) is 0 Å². The molecule has 0 aromatic heterocycles. The van der Waals surface area contributed by atoms with E-state index in [1.54, 1.807) is 13.0 Å². The van der Waals surface area contributed by atoms with Crippen molar-refractivity contribution in [1.29, 1.82) is 0 Å². The van der Waals surface area contributed by atoms with Crippen molar-refractivity contribution in [1.82, 2.24) is 10.2 Å².